The van der Waals surface area contributed by atoms with E-state index in [9.17, 15) is 0 Å². The molecule has 0 saturated heterocycles. The zero-order chi connectivity index (χ0) is 22.2. The monoisotopic (exact) mass is 609 g/mol. The van der Waals surface area contributed by atoms with Crippen LogP contribution in [0.15, 0.2) is 104 Å². The molecular formula is C29H26IrN3. The second kappa shape index (κ2) is 12.2. The summed E-state index contributed by atoms with van der Waals surface area (Å²) in [7, 11) is 0. The molecule has 5 rings (SSSR count). The number of benzene rings is 3. The Balaban J connectivity index is 0.000000186. The van der Waals surface area contributed by atoms with Gasteiger partial charge in [-0.25, -0.2) is 0 Å². The second-order valence-corrected chi connectivity index (χ2v) is 7.48. The molecule has 2 heterocycles. The van der Waals surface area contributed by atoms with Crippen molar-refractivity contribution in [2.24, 2.45) is 0 Å². The molecule has 4 aromatic rings. The molecule has 0 spiro atoms. The number of rotatable bonds is 4. The van der Waals surface area contributed by atoms with Gasteiger partial charge in [0.05, 0.1) is 0 Å². The first-order chi connectivity index (χ1) is 15.7. The molecule has 4 heteroatoms. The van der Waals surface area contributed by atoms with Gasteiger partial charge in [0.15, 0.2) is 0 Å². The number of nitrogens with zero attached hydrogens (tertiary/aromatic N) is 3. The van der Waals surface area contributed by atoms with Crippen molar-refractivity contribution < 1.29 is 20.1 Å². The van der Waals surface area contributed by atoms with E-state index in [1.165, 1.54) is 11.1 Å². The molecule has 0 radical (unpaired) electrons. The van der Waals surface area contributed by atoms with E-state index in [-0.39, 0.29) is 20.1 Å². The van der Waals surface area contributed by atoms with Crippen molar-refractivity contribution in [3.05, 3.63) is 128 Å². The Morgan fingerprint density at radius 1 is 0.848 bits per heavy atom. The van der Waals surface area contributed by atoms with Crippen molar-refractivity contribution in [3.63, 3.8) is 0 Å². The Morgan fingerprint density at radius 3 is 2.27 bits per heavy atom. The quantitative estimate of drug-likeness (QED) is 0.239. The first-order valence-corrected chi connectivity index (χ1v) is 10.8. The van der Waals surface area contributed by atoms with Gasteiger partial charge in [0.1, 0.15) is 0 Å². The number of hydrogen-bond donors (Lipinski definition) is 0. The zero-order valence-electron chi connectivity index (χ0n) is 18.8. The maximum atomic E-state index is 4.49. The van der Waals surface area contributed by atoms with Crippen LogP contribution in [0.5, 0.6) is 0 Å². The number of anilines is 1. The van der Waals surface area contributed by atoms with Gasteiger partial charge in [0.2, 0.25) is 0 Å². The molecule has 0 unspecified atom stereocenters. The van der Waals surface area contributed by atoms with Crippen LogP contribution in [-0.2, 0) is 20.1 Å². The molecule has 1 aliphatic heterocycles. The van der Waals surface area contributed by atoms with Crippen LogP contribution >= 0.6 is 0 Å². The minimum Gasteiger partial charge on any atom is -0.508 e. The number of pyridine rings is 1. The van der Waals surface area contributed by atoms with Crippen LogP contribution in [0.3, 0.4) is 0 Å². The molecule has 166 valence electrons. The molecule has 0 bridgehead atoms. The summed E-state index contributed by atoms with van der Waals surface area (Å²) in [4.78, 5) is 8.70. The van der Waals surface area contributed by atoms with E-state index < -0.39 is 0 Å². The van der Waals surface area contributed by atoms with Gasteiger partial charge in [-0.05, 0) is 35.8 Å². The topological polar surface area (TPSA) is 19.4 Å². The normalized spacial score (nSPS) is 12.1. The van der Waals surface area contributed by atoms with Crippen LogP contribution in [-0.4, -0.2) is 16.4 Å². The molecule has 0 atom stereocenters. The summed E-state index contributed by atoms with van der Waals surface area (Å²) in [5, 5.41) is 0. The Hall–Kier alpha value is -3.20. The maximum absolute atomic E-state index is 4.49. The maximum Gasteiger partial charge on any atom is 3.00 e. The van der Waals surface area contributed by atoms with Crippen LogP contribution in [0.2, 0.25) is 0 Å². The summed E-state index contributed by atoms with van der Waals surface area (Å²) in [6.45, 7) is 7.27. The van der Waals surface area contributed by atoms with Crippen LogP contribution < -0.4 is 4.90 Å². The van der Waals surface area contributed by atoms with Crippen molar-refractivity contribution in [2.75, 3.05) is 11.4 Å². The van der Waals surface area contributed by atoms with Crippen LogP contribution in [0, 0.1) is 25.7 Å². The molecule has 0 saturated carbocycles. The van der Waals surface area contributed by atoms with Crippen LogP contribution in [0.1, 0.15) is 12.5 Å². The molecule has 0 fully saturated rings. The summed E-state index contributed by atoms with van der Waals surface area (Å²) < 4.78 is 0. The van der Waals surface area contributed by atoms with E-state index in [1.807, 2.05) is 67.0 Å². The summed E-state index contributed by atoms with van der Waals surface area (Å²) in [5.41, 5.74) is 6.63. The van der Waals surface area contributed by atoms with Crippen molar-refractivity contribution in [1.82, 2.24) is 9.88 Å². The Kier molecular flexibility index (Phi) is 9.00. The van der Waals surface area contributed by atoms with E-state index in [1.54, 1.807) is 0 Å². The van der Waals surface area contributed by atoms with Crippen molar-refractivity contribution in [1.29, 1.82) is 0 Å². The predicted molar refractivity (Wildman–Crippen MR) is 132 cm³/mol. The average Bonchev–Trinajstić information content (AvgIpc) is 3.36. The first kappa shape index (κ1) is 24.4. The molecule has 0 N–H and O–H groups in total. The van der Waals surface area contributed by atoms with Gasteiger partial charge in [-0.2, -0.15) is 30.4 Å². The van der Waals surface area contributed by atoms with Crippen LogP contribution in [0.25, 0.3) is 22.4 Å². The zero-order valence-corrected chi connectivity index (χ0v) is 21.2. The van der Waals surface area contributed by atoms with E-state index >= 15 is 0 Å². The SMILES string of the molecule is CCN1C=CN(c2[c-]cc(C)cc2)[CH-]1.[Ir+3].[c-]1ccccc1-c1ccc(-c2ccccc2)cn1. The largest absolute Gasteiger partial charge is 3.00 e. The molecule has 0 amide bonds. The smallest absolute Gasteiger partial charge is 0.508 e. The summed E-state index contributed by atoms with van der Waals surface area (Å²) in [5.74, 6) is 0. The average molecular weight is 609 g/mol. The van der Waals surface area contributed by atoms with Gasteiger partial charge in [0, 0.05) is 6.20 Å². The van der Waals surface area contributed by atoms with E-state index in [2.05, 4.69) is 84.0 Å². The van der Waals surface area contributed by atoms with Crippen molar-refractivity contribution >= 4 is 5.69 Å². The number of hydrogen-bond acceptors (Lipinski definition) is 3. The molecule has 1 aromatic heterocycles. The molecule has 1 aliphatic rings. The summed E-state index contributed by atoms with van der Waals surface area (Å²) in [6, 6.07) is 34.9. The van der Waals surface area contributed by atoms with Gasteiger partial charge in [-0.3, -0.25) is 0 Å². The Morgan fingerprint density at radius 2 is 1.67 bits per heavy atom. The van der Waals surface area contributed by atoms with Gasteiger partial charge in [-0.15, -0.1) is 47.6 Å². The number of aryl methyl sites for hydroxylation is 1. The fraction of sp³-hybridized carbons (Fsp3) is 0.103. The molecule has 3 aromatic carbocycles. The fourth-order valence-electron chi connectivity index (χ4n) is 3.29. The predicted octanol–water partition coefficient (Wildman–Crippen LogP) is 6.74. The minimum absolute atomic E-state index is 0. The summed E-state index contributed by atoms with van der Waals surface area (Å²) >= 11 is 0. The van der Waals surface area contributed by atoms with Crippen molar-refractivity contribution in [3.8, 4) is 22.4 Å². The Bertz CT molecular complexity index is 1070. The Labute approximate surface area is 210 Å². The van der Waals surface area contributed by atoms with E-state index in [0.717, 1.165) is 29.1 Å². The fourth-order valence-corrected chi connectivity index (χ4v) is 3.29. The van der Waals surface area contributed by atoms with Crippen molar-refractivity contribution in [2.45, 2.75) is 13.8 Å². The van der Waals surface area contributed by atoms with Gasteiger partial charge in [-0.1, -0.05) is 56.3 Å². The third-order valence-electron chi connectivity index (χ3n) is 5.14. The van der Waals surface area contributed by atoms with Gasteiger partial charge in [0.25, 0.3) is 0 Å². The van der Waals surface area contributed by atoms with Crippen LogP contribution in [0.4, 0.5) is 5.69 Å². The molecule has 0 aliphatic carbocycles. The van der Waals surface area contributed by atoms with E-state index in [0.29, 0.717) is 0 Å². The number of aromatic nitrogens is 1. The molecule has 3 nitrogen and oxygen atoms in total. The molecule has 33 heavy (non-hydrogen) atoms. The standard InChI is InChI=1S/C17H12N.C12H14N2.Ir/c1-3-7-14(8-4-1)16-11-12-17(18-13-16)15-9-5-2-6-10-15;1-3-13-8-9-14(10-13)12-6-4-11(2)5-7-12;/h1-9,11-13H;4-6,8-10H,3H2,1-2H3;/q-1;-2;+3. The minimum atomic E-state index is 0. The third kappa shape index (κ3) is 6.64. The summed E-state index contributed by atoms with van der Waals surface area (Å²) in [6.07, 6.45) is 6.02. The first-order valence-electron chi connectivity index (χ1n) is 10.8. The van der Waals surface area contributed by atoms with E-state index in [4.69, 9.17) is 0 Å². The van der Waals surface area contributed by atoms with Gasteiger partial charge >= 0.3 is 20.1 Å². The molecular weight excluding hydrogens is 583 g/mol. The second-order valence-electron chi connectivity index (χ2n) is 7.48. The van der Waals surface area contributed by atoms with Gasteiger partial charge < -0.3 is 14.8 Å². The third-order valence-corrected chi connectivity index (χ3v) is 5.14.